The highest BCUT2D eigenvalue weighted by atomic mass is 32.1. The molecule has 0 saturated heterocycles. The van der Waals surface area contributed by atoms with Gasteiger partial charge in [-0.2, -0.15) is 0 Å². The zero-order valence-corrected chi connectivity index (χ0v) is 33.8. The van der Waals surface area contributed by atoms with Crippen molar-refractivity contribution < 1.29 is 18.1 Å². The minimum Gasteiger partial charge on any atom is -0.456 e. The second-order valence-corrected chi connectivity index (χ2v) is 16.3. The number of hydrogen-bond donors (Lipinski definition) is 0. The largest absolute Gasteiger partial charge is 0.456 e. The Kier molecular flexibility index (Phi) is 6.06. The van der Waals surface area contributed by atoms with Gasteiger partial charge in [0.1, 0.15) is 11.2 Å². The molecule has 4 heterocycles. The van der Waals surface area contributed by atoms with Gasteiger partial charge in [-0.1, -0.05) is 139 Å². The van der Waals surface area contributed by atoms with Crippen LogP contribution in [0.15, 0.2) is 210 Å². The summed E-state index contributed by atoms with van der Waals surface area (Å²) in [7, 11) is 0. The predicted octanol–water partition coefficient (Wildman–Crippen LogP) is 15.6. The first-order chi connectivity index (χ1) is 35.4. The second-order valence-electron chi connectivity index (χ2n) is 15.2. The Morgan fingerprint density at radius 1 is 0.413 bits per heavy atom. The first-order valence-corrected chi connectivity index (χ1v) is 21.1. The summed E-state index contributed by atoms with van der Waals surface area (Å²) in [5.74, 6) is 0.514. The van der Waals surface area contributed by atoms with Crippen molar-refractivity contribution >= 4 is 75.3 Å². The van der Waals surface area contributed by atoms with Crippen LogP contribution in [0.25, 0.3) is 126 Å². The van der Waals surface area contributed by atoms with Crippen molar-refractivity contribution in [2.24, 2.45) is 0 Å². The van der Waals surface area contributed by atoms with Crippen molar-refractivity contribution in [3.63, 3.8) is 0 Å². The first kappa shape index (κ1) is 26.9. The van der Waals surface area contributed by atoms with Crippen LogP contribution >= 0.6 is 11.3 Å². The number of benzene rings is 9. The quantitative estimate of drug-likeness (QED) is 0.167. The smallest absolute Gasteiger partial charge is 0.164 e. The number of para-hydroxylation sites is 2. The fourth-order valence-corrected chi connectivity index (χ4v) is 9.79. The van der Waals surface area contributed by atoms with E-state index < -0.39 is 42.3 Å². The van der Waals surface area contributed by atoms with Crippen LogP contribution in [0, 0.1) is 0 Å². The van der Waals surface area contributed by atoms with E-state index in [0.29, 0.717) is 16.5 Å². The molecule has 0 aliphatic heterocycles. The number of nitrogens with zero attached hydrogens (tertiary/aromatic N) is 4. The van der Waals surface area contributed by atoms with Crippen LogP contribution in [-0.2, 0) is 0 Å². The number of hydrogen-bond acceptors (Lipinski definition) is 5. The third-order valence-corrected chi connectivity index (χ3v) is 12.7. The molecule has 4 aromatic heterocycles. The third kappa shape index (κ3) is 5.80. The van der Waals surface area contributed by atoms with E-state index in [1.54, 1.807) is 23.5 Å². The third-order valence-electron chi connectivity index (χ3n) is 11.5. The molecular weight excluding hydrogens is 789 g/mol. The van der Waals surface area contributed by atoms with Gasteiger partial charge >= 0.3 is 0 Å². The Balaban J connectivity index is 1.11. The van der Waals surface area contributed by atoms with Gasteiger partial charge in [0.25, 0.3) is 0 Å². The molecule has 0 spiro atoms. The van der Waals surface area contributed by atoms with Crippen molar-refractivity contribution in [2.45, 2.75) is 0 Å². The van der Waals surface area contributed by atoms with E-state index in [1.807, 2.05) is 84.9 Å². The van der Waals surface area contributed by atoms with Crippen molar-refractivity contribution in [2.75, 3.05) is 0 Å². The molecule has 0 fully saturated rings. The lowest BCUT2D eigenvalue weighted by Crippen LogP contribution is -2.00. The number of rotatable bonds is 6. The highest BCUT2D eigenvalue weighted by Crippen LogP contribution is 2.43. The summed E-state index contributed by atoms with van der Waals surface area (Å²) in [6, 6.07) is 42.7. The van der Waals surface area contributed by atoms with E-state index in [9.17, 15) is 4.11 Å². The Hall–Kier alpha value is -8.19. The van der Waals surface area contributed by atoms with Gasteiger partial charge in [0, 0.05) is 64.1 Å². The van der Waals surface area contributed by atoms with Crippen LogP contribution in [0.1, 0.15) is 13.7 Å². The summed E-state index contributed by atoms with van der Waals surface area (Å²) in [4.78, 5) is 15.3. The Morgan fingerprint density at radius 3 is 2.02 bits per heavy atom. The molecule has 13 aromatic rings. The molecule has 63 heavy (non-hydrogen) atoms. The van der Waals surface area contributed by atoms with E-state index in [1.165, 1.54) is 16.7 Å². The van der Waals surface area contributed by atoms with Gasteiger partial charge in [0.2, 0.25) is 0 Å². The Morgan fingerprint density at radius 2 is 1.14 bits per heavy atom. The Bertz CT molecular complexity index is 4520. The molecule has 0 bridgehead atoms. The van der Waals surface area contributed by atoms with Gasteiger partial charge in [-0.25, -0.2) is 15.0 Å². The van der Waals surface area contributed by atoms with Crippen LogP contribution in [0.5, 0.6) is 0 Å². The molecule has 294 valence electrons. The van der Waals surface area contributed by atoms with Gasteiger partial charge in [-0.05, 0) is 88.9 Å². The lowest BCUT2D eigenvalue weighted by Gasteiger charge is -2.11. The van der Waals surface area contributed by atoms with Gasteiger partial charge in [0.05, 0.1) is 24.7 Å². The van der Waals surface area contributed by atoms with Gasteiger partial charge in [-0.3, -0.25) is 0 Å². The van der Waals surface area contributed by atoms with Crippen molar-refractivity contribution in [1.29, 1.82) is 0 Å². The van der Waals surface area contributed by atoms with Crippen LogP contribution in [0.2, 0.25) is 0 Å². The molecule has 0 aliphatic carbocycles. The second kappa shape index (κ2) is 14.2. The lowest BCUT2D eigenvalue weighted by atomic mass is 9.99. The topological polar surface area (TPSA) is 56.7 Å². The Labute approximate surface area is 379 Å². The number of furan rings is 1. The number of aromatic nitrogens is 4. The molecule has 0 atom stereocenters. The molecule has 0 amide bonds. The lowest BCUT2D eigenvalue weighted by molar-refractivity contribution is 0.669. The van der Waals surface area contributed by atoms with E-state index in [-0.39, 0.29) is 85.2 Å². The predicted molar refractivity (Wildman–Crippen MR) is 262 cm³/mol. The zero-order chi connectivity index (χ0) is 50.1. The molecule has 0 N–H and O–H groups in total. The molecule has 13 rings (SSSR count). The van der Waals surface area contributed by atoms with Gasteiger partial charge in [-0.15, -0.1) is 11.3 Å². The fraction of sp³-hybridized carbons (Fsp3) is 0. The number of thiophene rings is 1. The number of fused-ring (bicyclic) bond motifs is 9. The fourth-order valence-electron chi connectivity index (χ4n) is 8.68. The minimum absolute atomic E-state index is 0.00697. The van der Waals surface area contributed by atoms with Crippen molar-refractivity contribution in [1.82, 2.24) is 19.5 Å². The zero-order valence-electron chi connectivity index (χ0n) is 43.0. The van der Waals surface area contributed by atoms with E-state index in [0.717, 1.165) is 42.4 Å². The highest BCUT2D eigenvalue weighted by Gasteiger charge is 2.21. The van der Waals surface area contributed by atoms with E-state index in [4.69, 9.17) is 29.0 Å². The summed E-state index contributed by atoms with van der Waals surface area (Å²) in [6.45, 7) is 0. The maximum atomic E-state index is 9.63. The van der Waals surface area contributed by atoms with Crippen molar-refractivity contribution in [3.8, 4) is 62.1 Å². The maximum Gasteiger partial charge on any atom is 0.164 e. The summed E-state index contributed by atoms with van der Waals surface area (Å²) < 4.78 is 101. The average Bonchev–Trinajstić information content (AvgIpc) is 4.12. The molecule has 0 radical (unpaired) electrons. The molecule has 6 heteroatoms. The summed E-state index contributed by atoms with van der Waals surface area (Å²) in [5.41, 5.74) is 5.26. The van der Waals surface area contributed by atoms with E-state index >= 15 is 0 Å². The van der Waals surface area contributed by atoms with Crippen LogP contribution in [0.4, 0.5) is 0 Å². The van der Waals surface area contributed by atoms with Crippen LogP contribution in [-0.4, -0.2) is 19.5 Å². The monoisotopic (exact) mass is 832 g/mol. The molecule has 0 saturated carbocycles. The maximum absolute atomic E-state index is 9.63. The summed E-state index contributed by atoms with van der Waals surface area (Å²) in [6.07, 6.45) is 0. The molecular formula is C57H34N4OS. The SMILES string of the molecule is [2H]c1c(-n2c3c([2H])cccc3c3c([2H])c([2H])c([2H])c([2H])c32)cc2c(oc3c([2H])c([2H])c([2H])c(-c4nc(-c5cccc(-c6ccccc6)c5)nc(-c5ccc6sc7cccc(-c8ccccc8)c7c6c5)n4)c32)c1[2H]. The molecule has 9 aromatic carbocycles. The van der Waals surface area contributed by atoms with Gasteiger partial charge in [0.15, 0.2) is 17.5 Å². The molecule has 5 nitrogen and oxygen atoms in total. The highest BCUT2D eigenvalue weighted by molar-refractivity contribution is 7.26. The van der Waals surface area contributed by atoms with Crippen molar-refractivity contribution in [3.05, 3.63) is 206 Å². The normalized spacial score (nSPS) is 14.0. The molecule has 0 unspecified atom stereocenters. The summed E-state index contributed by atoms with van der Waals surface area (Å²) in [5, 5.41) is 2.86. The summed E-state index contributed by atoms with van der Waals surface area (Å²) >= 11 is 1.68. The van der Waals surface area contributed by atoms with Crippen LogP contribution < -0.4 is 0 Å². The standard InChI is InChI=1S/C57H34N4OS/c1-3-14-35(15-4-1)37-18-11-19-38(32-37)55-58-56(39-28-31-51-46(33-39)54-41(22-13-27-52(54)63-51)36-16-5-2-6-17-36)60-57(59-55)44-23-12-26-50-53(44)45-34-40(29-30-49(45)62-50)61-47-24-9-7-20-42(47)43-21-8-10-25-48(43)61/h1-34H/i7D,9D,12D,20D,23D,24D,25D,26D,29D,30D. The van der Waals surface area contributed by atoms with E-state index in [2.05, 4.69) is 36.4 Å². The first-order valence-electron chi connectivity index (χ1n) is 25.3. The van der Waals surface area contributed by atoms with Gasteiger partial charge < -0.3 is 8.98 Å². The molecule has 0 aliphatic rings. The van der Waals surface area contributed by atoms with Crippen LogP contribution in [0.3, 0.4) is 0 Å². The average molecular weight is 833 g/mol. The minimum atomic E-state index is -0.512.